The van der Waals surface area contributed by atoms with Crippen molar-refractivity contribution in [1.29, 1.82) is 0 Å². The Kier molecular flexibility index (Phi) is 3.64. The number of halogens is 4. The van der Waals surface area contributed by atoms with E-state index in [2.05, 4.69) is 5.10 Å². The van der Waals surface area contributed by atoms with Gasteiger partial charge in [-0.25, -0.2) is 0 Å². The monoisotopic (exact) mass is 305 g/mol. The lowest BCUT2D eigenvalue weighted by Gasteiger charge is -2.10. The minimum Gasteiger partial charge on any atom is -0.310 e. The molecule has 0 saturated carbocycles. The molecule has 0 aliphatic carbocycles. The van der Waals surface area contributed by atoms with E-state index >= 15 is 0 Å². The summed E-state index contributed by atoms with van der Waals surface area (Å²) in [6, 6.07) is 1.65. The molecule has 0 atom stereocenters. The van der Waals surface area contributed by atoms with E-state index in [1.54, 1.807) is 14.0 Å². The first-order valence-electron chi connectivity index (χ1n) is 5.66. The minimum absolute atomic E-state index is 0.0543. The molecule has 108 valence electrons. The minimum atomic E-state index is -4.50. The summed E-state index contributed by atoms with van der Waals surface area (Å²) in [5.74, 6) is 0. The fourth-order valence-electron chi connectivity index (χ4n) is 1.85. The SMILES string of the molecule is Cc1nn(C)c(Cl)c1Cn1cc(C(F)(F)F)ccc1=O. The number of rotatable bonds is 2. The molecule has 0 aromatic carbocycles. The first kappa shape index (κ1) is 14.6. The summed E-state index contributed by atoms with van der Waals surface area (Å²) in [6.45, 7) is 1.63. The molecule has 0 aliphatic rings. The molecule has 2 heterocycles. The lowest BCUT2D eigenvalue weighted by Crippen LogP contribution is -2.22. The van der Waals surface area contributed by atoms with Crippen LogP contribution in [0.25, 0.3) is 0 Å². The van der Waals surface area contributed by atoms with Gasteiger partial charge in [0.15, 0.2) is 0 Å². The molecule has 20 heavy (non-hydrogen) atoms. The predicted molar refractivity (Wildman–Crippen MR) is 67.8 cm³/mol. The van der Waals surface area contributed by atoms with Gasteiger partial charge in [0.2, 0.25) is 0 Å². The molecule has 0 saturated heterocycles. The van der Waals surface area contributed by atoms with Crippen molar-refractivity contribution in [3.63, 3.8) is 0 Å². The van der Waals surface area contributed by atoms with Crippen LogP contribution in [0.15, 0.2) is 23.1 Å². The third-order valence-electron chi connectivity index (χ3n) is 2.91. The molecule has 2 aromatic heterocycles. The van der Waals surface area contributed by atoms with Crippen molar-refractivity contribution in [3.8, 4) is 0 Å². The van der Waals surface area contributed by atoms with E-state index in [1.165, 1.54) is 4.68 Å². The van der Waals surface area contributed by atoms with E-state index in [0.29, 0.717) is 16.4 Å². The Labute approximate surface area is 117 Å². The molecule has 0 radical (unpaired) electrons. The molecule has 4 nitrogen and oxygen atoms in total. The summed E-state index contributed by atoms with van der Waals surface area (Å²) in [4.78, 5) is 11.7. The Bertz CT molecular complexity index is 703. The number of nitrogens with zero attached hydrogens (tertiary/aromatic N) is 3. The van der Waals surface area contributed by atoms with Crippen LogP contribution >= 0.6 is 11.6 Å². The quantitative estimate of drug-likeness (QED) is 0.855. The maximum Gasteiger partial charge on any atom is 0.417 e. The normalized spacial score (nSPS) is 11.9. The van der Waals surface area contributed by atoms with Gasteiger partial charge >= 0.3 is 6.18 Å². The highest BCUT2D eigenvalue weighted by Crippen LogP contribution is 2.28. The van der Waals surface area contributed by atoms with Crippen molar-refractivity contribution in [2.24, 2.45) is 7.05 Å². The van der Waals surface area contributed by atoms with E-state index in [1.807, 2.05) is 0 Å². The largest absolute Gasteiger partial charge is 0.417 e. The predicted octanol–water partition coefficient (Wildman–Crippen LogP) is 2.61. The molecule has 0 spiro atoms. The van der Waals surface area contributed by atoms with Gasteiger partial charge in [0.1, 0.15) is 5.15 Å². The summed E-state index contributed by atoms with van der Waals surface area (Å²) in [5, 5.41) is 4.35. The molecule has 8 heteroatoms. The summed E-state index contributed by atoms with van der Waals surface area (Å²) in [6.07, 6.45) is -3.71. The fourth-order valence-corrected chi connectivity index (χ4v) is 2.08. The smallest absolute Gasteiger partial charge is 0.310 e. The van der Waals surface area contributed by atoms with Crippen LogP contribution in [-0.4, -0.2) is 14.3 Å². The van der Waals surface area contributed by atoms with Gasteiger partial charge in [0.25, 0.3) is 5.56 Å². The number of aromatic nitrogens is 3. The summed E-state index contributed by atoms with van der Waals surface area (Å²) >= 11 is 6.01. The van der Waals surface area contributed by atoms with E-state index in [9.17, 15) is 18.0 Å². The Morgan fingerprint density at radius 2 is 2.00 bits per heavy atom. The van der Waals surface area contributed by atoms with Gasteiger partial charge in [-0.3, -0.25) is 9.48 Å². The van der Waals surface area contributed by atoms with Gasteiger partial charge in [-0.15, -0.1) is 0 Å². The third kappa shape index (κ3) is 2.72. The van der Waals surface area contributed by atoms with Crippen LogP contribution in [0.1, 0.15) is 16.8 Å². The zero-order valence-electron chi connectivity index (χ0n) is 10.7. The highest BCUT2D eigenvalue weighted by atomic mass is 35.5. The summed E-state index contributed by atoms with van der Waals surface area (Å²) in [7, 11) is 1.62. The van der Waals surface area contributed by atoms with Gasteiger partial charge in [0.05, 0.1) is 17.8 Å². The lowest BCUT2D eigenvalue weighted by atomic mass is 10.2. The summed E-state index contributed by atoms with van der Waals surface area (Å²) < 4.78 is 40.3. The van der Waals surface area contributed by atoms with Crippen molar-refractivity contribution in [1.82, 2.24) is 14.3 Å². The van der Waals surface area contributed by atoms with Crippen LogP contribution in [0.2, 0.25) is 5.15 Å². The van der Waals surface area contributed by atoms with E-state index in [4.69, 9.17) is 11.6 Å². The Morgan fingerprint density at radius 3 is 2.50 bits per heavy atom. The van der Waals surface area contributed by atoms with Gasteiger partial charge in [-0.05, 0) is 13.0 Å². The molecule has 0 bridgehead atoms. The second kappa shape index (κ2) is 4.97. The van der Waals surface area contributed by atoms with Crippen molar-refractivity contribution in [2.45, 2.75) is 19.6 Å². The lowest BCUT2D eigenvalue weighted by molar-refractivity contribution is -0.138. The van der Waals surface area contributed by atoms with Crippen molar-refractivity contribution in [3.05, 3.63) is 50.7 Å². The van der Waals surface area contributed by atoms with Gasteiger partial charge in [0, 0.05) is 24.9 Å². The molecular weight excluding hydrogens is 295 g/mol. The second-order valence-electron chi connectivity index (χ2n) is 4.36. The van der Waals surface area contributed by atoms with Crippen molar-refractivity contribution in [2.75, 3.05) is 0 Å². The highest BCUT2D eigenvalue weighted by Gasteiger charge is 2.31. The average molecular weight is 306 g/mol. The Balaban J connectivity index is 2.46. The molecule has 0 fully saturated rings. The van der Waals surface area contributed by atoms with Crippen LogP contribution in [0.4, 0.5) is 13.2 Å². The summed E-state index contributed by atoms with van der Waals surface area (Å²) in [5.41, 5.74) is -0.315. The van der Waals surface area contributed by atoms with E-state index < -0.39 is 17.3 Å². The van der Waals surface area contributed by atoms with Crippen LogP contribution in [0.3, 0.4) is 0 Å². The zero-order chi connectivity index (χ0) is 15.1. The van der Waals surface area contributed by atoms with Gasteiger partial charge in [-0.1, -0.05) is 11.6 Å². The fraction of sp³-hybridized carbons (Fsp3) is 0.333. The standard InChI is InChI=1S/C12H11ClF3N3O/c1-7-9(11(13)18(2)17-7)6-19-5-8(12(14,15)16)3-4-10(19)20/h3-5H,6H2,1-2H3. The number of hydrogen-bond acceptors (Lipinski definition) is 2. The molecule has 2 rings (SSSR count). The van der Waals surface area contributed by atoms with Gasteiger partial charge < -0.3 is 4.57 Å². The maximum absolute atomic E-state index is 12.6. The van der Waals surface area contributed by atoms with Crippen LogP contribution in [-0.2, 0) is 19.8 Å². The number of alkyl halides is 3. The van der Waals surface area contributed by atoms with Crippen LogP contribution in [0.5, 0.6) is 0 Å². The second-order valence-corrected chi connectivity index (χ2v) is 4.72. The van der Waals surface area contributed by atoms with E-state index in [0.717, 1.165) is 22.9 Å². The number of hydrogen-bond donors (Lipinski definition) is 0. The average Bonchev–Trinajstić information content (AvgIpc) is 2.57. The topological polar surface area (TPSA) is 39.8 Å². The Morgan fingerprint density at radius 1 is 1.35 bits per heavy atom. The maximum atomic E-state index is 12.6. The van der Waals surface area contributed by atoms with E-state index in [-0.39, 0.29) is 6.54 Å². The molecule has 0 aliphatic heterocycles. The molecule has 0 amide bonds. The highest BCUT2D eigenvalue weighted by molar-refractivity contribution is 6.30. The first-order valence-corrected chi connectivity index (χ1v) is 6.03. The van der Waals surface area contributed by atoms with Crippen molar-refractivity contribution < 1.29 is 13.2 Å². The number of aryl methyl sites for hydroxylation is 2. The zero-order valence-corrected chi connectivity index (χ0v) is 11.5. The first-order chi connectivity index (χ1) is 9.20. The van der Waals surface area contributed by atoms with Crippen molar-refractivity contribution >= 4 is 11.6 Å². The van der Waals surface area contributed by atoms with Crippen LogP contribution < -0.4 is 5.56 Å². The molecule has 0 N–H and O–H groups in total. The Hall–Kier alpha value is -1.76. The molecule has 2 aromatic rings. The molecule has 0 unspecified atom stereocenters. The van der Waals surface area contributed by atoms with Gasteiger partial charge in [-0.2, -0.15) is 18.3 Å². The third-order valence-corrected chi connectivity index (χ3v) is 3.38. The molecular formula is C12H11ClF3N3O. The number of pyridine rings is 1. The van der Waals surface area contributed by atoms with Crippen LogP contribution in [0, 0.1) is 6.92 Å².